The monoisotopic (exact) mass is 297 g/mol. The van der Waals surface area contributed by atoms with E-state index in [0.29, 0.717) is 25.5 Å². The number of piperidine rings is 1. The second-order valence-corrected chi connectivity index (χ2v) is 6.03. The molecule has 0 unspecified atom stereocenters. The maximum absolute atomic E-state index is 12.9. The number of esters is 1. The Balaban J connectivity index is 1.88. The molecule has 21 heavy (non-hydrogen) atoms. The zero-order chi connectivity index (χ0) is 15.3. The second-order valence-electron chi connectivity index (χ2n) is 6.03. The quantitative estimate of drug-likeness (QED) is 0.745. The van der Waals surface area contributed by atoms with Crippen LogP contribution in [0.15, 0.2) is 0 Å². The molecule has 2 fully saturated rings. The number of ether oxygens (including phenoxy) is 1. The minimum atomic E-state index is -0.210. The molecule has 0 aromatic carbocycles. The summed E-state index contributed by atoms with van der Waals surface area (Å²) in [6.07, 6.45) is 2.78. The fourth-order valence-corrected chi connectivity index (χ4v) is 3.32. The molecule has 0 saturated carbocycles. The van der Waals surface area contributed by atoms with Crippen LogP contribution < -0.4 is 5.32 Å². The Kier molecular flexibility index (Phi) is 5.58. The van der Waals surface area contributed by atoms with E-state index in [1.807, 2.05) is 4.90 Å². The summed E-state index contributed by atoms with van der Waals surface area (Å²) in [6, 6.07) is 0. The predicted molar refractivity (Wildman–Crippen MR) is 79.9 cm³/mol. The smallest absolute Gasteiger partial charge is 0.319 e. The van der Waals surface area contributed by atoms with Crippen molar-refractivity contribution in [2.24, 2.45) is 5.41 Å². The second kappa shape index (κ2) is 7.22. The topological polar surface area (TPSA) is 61.9 Å². The largest absolute Gasteiger partial charge is 0.468 e. The number of carbonyl (C=O) groups is 2. The van der Waals surface area contributed by atoms with E-state index in [1.165, 1.54) is 7.11 Å². The van der Waals surface area contributed by atoms with Crippen LogP contribution in [-0.2, 0) is 14.3 Å². The Morgan fingerprint density at radius 3 is 2.29 bits per heavy atom. The molecule has 0 aliphatic carbocycles. The first-order valence-electron chi connectivity index (χ1n) is 7.90. The van der Waals surface area contributed by atoms with Gasteiger partial charge in [-0.3, -0.25) is 14.5 Å². The first-order chi connectivity index (χ1) is 10.1. The molecule has 0 spiro atoms. The number of methoxy groups -OCH3 is 1. The van der Waals surface area contributed by atoms with Crippen molar-refractivity contribution in [3.63, 3.8) is 0 Å². The Morgan fingerprint density at radius 2 is 1.76 bits per heavy atom. The van der Waals surface area contributed by atoms with Gasteiger partial charge in [0.05, 0.1) is 19.1 Å². The van der Waals surface area contributed by atoms with Crippen LogP contribution in [0.4, 0.5) is 0 Å². The van der Waals surface area contributed by atoms with E-state index in [-0.39, 0.29) is 11.4 Å². The molecule has 2 aliphatic rings. The van der Waals surface area contributed by atoms with Crippen molar-refractivity contribution >= 4 is 11.9 Å². The molecule has 1 amide bonds. The summed E-state index contributed by atoms with van der Waals surface area (Å²) in [5.41, 5.74) is -0.171. The Labute approximate surface area is 126 Å². The van der Waals surface area contributed by atoms with Gasteiger partial charge in [-0.2, -0.15) is 0 Å². The molecule has 1 N–H and O–H groups in total. The van der Waals surface area contributed by atoms with Crippen molar-refractivity contribution in [3.8, 4) is 0 Å². The number of hydrogen-bond donors (Lipinski definition) is 1. The molecule has 0 atom stereocenters. The van der Waals surface area contributed by atoms with Crippen LogP contribution in [0.25, 0.3) is 0 Å². The van der Waals surface area contributed by atoms with Crippen LogP contribution >= 0.6 is 0 Å². The third-order valence-corrected chi connectivity index (χ3v) is 4.93. The van der Waals surface area contributed by atoms with E-state index in [1.54, 1.807) is 0 Å². The lowest BCUT2D eigenvalue weighted by Gasteiger charge is -2.42. The van der Waals surface area contributed by atoms with E-state index in [0.717, 1.165) is 45.4 Å². The molecule has 0 aromatic heterocycles. The minimum Gasteiger partial charge on any atom is -0.468 e. The molecule has 6 nitrogen and oxygen atoms in total. The van der Waals surface area contributed by atoms with Gasteiger partial charge in [-0.25, -0.2) is 0 Å². The lowest BCUT2D eigenvalue weighted by molar-refractivity contribution is -0.147. The number of nitrogens with zero attached hydrogens (tertiary/aromatic N) is 2. The van der Waals surface area contributed by atoms with Gasteiger partial charge in [0.25, 0.3) is 0 Å². The van der Waals surface area contributed by atoms with Crippen molar-refractivity contribution in [1.82, 2.24) is 15.1 Å². The van der Waals surface area contributed by atoms with Gasteiger partial charge in [-0.1, -0.05) is 6.92 Å². The highest BCUT2D eigenvalue weighted by atomic mass is 16.5. The van der Waals surface area contributed by atoms with Gasteiger partial charge >= 0.3 is 5.97 Å². The number of nitrogens with one attached hydrogen (secondary N) is 1. The standard InChI is InChI=1S/C15H27N3O3/c1-3-15(4-6-16-7-5-15)14(20)18-10-8-17(9-11-18)12-13(19)21-2/h16H,3-12H2,1-2H3. The normalized spacial score (nSPS) is 22.9. The molecular weight excluding hydrogens is 270 g/mol. The van der Waals surface area contributed by atoms with Crippen LogP contribution in [0.3, 0.4) is 0 Å². The van der Waals surface area contributed by atoms with Gasteiger partial charge in [0.1, 0.15) is 0 Å². The average Bonchev–Trinajstić information content (AvgIpc) is 2.55. The summed E-state index contributed by atoms with van der Waals surface area (Å²) in [4.78, 5) is 28.2. The minimum absolute atomic E-state index is 0.171. The third kappa shape index (κ3) is 3.74. The van der Waals surface area contributed by atoms with Crippen LogP contribution in [0.2, 0.25) is 0 Å². The van der Waals surface area contributed by atoms with Gasteiger partial charge in [0.15, 0.2) is 0 Å². The van der Waals surface area contributed by atoms with Gasteiger partial charge in [0, 0.05) is 26.2 Å². The highest BCUT2D eigenvalue weighted by molar-refractivity contribution is 5.83. The first kappa shape index (κ1) is 16.2. The lowest BCUT2D eigenvalue weighted by Crippen LogP contribution is -2.55. The number of piperazine rings is 1. The SMILES string of the molecule is CCC1(C(=O)N2CCN(CC(=O)OC)CC2)CCNCC1. The Hall–Kier alpha value is -1.14. The van der Waals surface area contributed by atoms with Crippen LogP contribution in [0.5, 0.6) is 0 Å². The maximum atomic E-state index is 12.9. The van der Waals surface area contributed by atoms with E-state index in [4.69, 9.17) is 0 Å². The molecule has 2 heterocycles. The van der Waals surface area contributed by atoms with Gasteiger partial charge in [0.2, 0.25) is 5.91 Å². The van der Waals surface area contributed by atoms with Gasteiger partial charge < -0.3 is 15.0 Å². The summed E-state index contributed by atoms with van der Waals surface area (Å²) >= 11 is 0. The summed E-state index contributed by atoms with van der Waals surface area (Å²) in [7, 11) is 1.41. The number of carbonyl (C=O) groups excluding carboxylic acids is 2. The zero-order valence-electron chi connectivity index (χ0n) is 13.2. The van der Waals surface area contributed by atoms with Gasteiger partial charge in [-0.15, -0.1) is 0 Å². The predicted octanol–water partition coefficient (Wildman–Crippen LogP) is 0.0834. The molecule has 2 rings (SSSR count). The highest BCUT2D eigenvalue weighted by Gasteiger charge is 2.41. The molecule has 2 aliphatic heterocycles. The fraction of sp³-hybridized carbons (Fsp3) is 0.867. The van der Waals surface area contributed by atoms with Crippen molar-refractivity contribution < 1.29 is 14.3 Å². The van der Waals surface area contributed by atoms with E-state index >= 15 is 0 Å². The molecule has 0 radical (unpaired) electrons. The summed E-state index contributed by atoms with van der Waals surface area (Å²) < 4.78 is 4.69. The van der Waals surface area contributed by atoms with Crippen molar-refractivity contribution in [2.75, 3.05) is 52.9 Å². The Bertz CT molecular complexity index is 372. The van der Waals surface area contributed by atoms with Crippen molar-refractivity contribution in [3.05, 3.63) is 0 Å². The summed E-state index contributed by atoms with van der Waals surface area (Å²) in [6.45, 7) is 7.23. The zero-order valence-corrected chi connectivity index (χ0v) is 13.2. The van der Waals surface area contributed by atoms with Crippen LogP contribution in [0, 0.1) is 5.41 Å². The molecule has 0 bridgehead atoms. The first-order valence-corrected chi connectivity index (χ1v) is 7.90. The maximum Gasteiger partial charge on any atom is 0.319 e. The van der Waals surface area contributed by atoms with Crippen LogP contribution in [-0.4, -0.2) is 74.6 Å². The van der Waals surface area contributed by atoms with Crippen molar-refractivity contribution in [1.29, 1.82) is 0 Å². The number of hydrogen-bond acceptors (Lipinski definition) is 5. The molecule has 6 heteroatoms. The average molecular weight is 297 g/mol. The third-order valence-electron chi connectivity index (χ3n) is 4.93. The highest BCUT2D eigenvalue weighted by Crippen LogP contribution is 2.34. The van der Waals surface area contributed by atoms with E-state index < -0.39 is 0 Å². The summed E-state index contributed by atoms with van der Waals surface area (Å²) in [5.74, 6) is 0.0994. The molecule has 120 valence electrons. The number of amides is 1. The summed E-state index contributed by atoms with van der Waals surface area (Å²) in [5, 5.41) is 3.34. The van der Waals surface area contributed by atoms with Crippen LogP contribution in [0.1, 0.15) is 26.2 Å². The number of rotatable bonds is 4. The van der Waals surface area contributed by atoms with E-state index in [2.05, 4.69) is 21.9 Å². The Morgan fingerprint density at radius 1 is 1.14 bits per heavy atom. The molecule has 0 aromatic rings. The van der Waals surface area contributed by atoms with Gasteiger partial charge in [-0.05, 0) is 32.4 Å². The molecule has 2 saturated heterocycles. The van der Waals surface area contributed by atoms with Crippen molar-refractivity contribution in [2.45, 2.75) is 26.2 Å². The molecular formula is C15H27N3O3. The van der Waals surface area contributed by atoms with E-state index in [9.17, 15) is 9.59 Å². The fourth-order valence-electron chi connectivity index (χ4n) is 3.32. The lowest BCUT2D eigenvalue weighted by atomic mass is 9.75.